The number of hydrogen-bond acceptors (Lipinski definition) is 7. The van der Waals surface area contributed by atoms with Crippen LogP contribution < -0.4 is 9.47 Å². The van der Waals surface area contributed by atoms with Crippen LogP contribution in [0.3, 0.4) is 0 Å². The maximum Gasteiger partial charge on any atom is 0.350 e. The molecule has 0 bridgehead atoms. The minimum Gasteiger partial charge on any atom is -0.726 e. The van der Waals surface area contributed by atoms with Crippen LogP contribution in [0.5, 0.6) is 0 Å². The Hall–Kier alpha value is -2.36. The first-order valence-corrected chi connectivity index (χ1v) is 8.62. The first-order chi connectivity index (χ1) is 11.6. The van der Waals surface area contributed by atoms with Gasteiger partial charge in [-0.25, -0.2) is 13.0 Å². The Balaban J connectivity index is 0.000000450. The number of aromatic nitrogens is 1. The molecule has 0 fully saturated rings. The summed E-state index contributed by atoms with van der Waals surface area (Å²) in [5.41, 5.74) is 3.21. The summed E-state index contributed by atoms with van der Waals surface area (Å²) in [5.74, 6) is 0.835. The lowest BCUT2D eigenvalue weighted by Crippen LogP contribution is -2.27. The van der Waals surface area contributed by atoms with Crippen LogP contribution in [0.4, 0.5) is 17.2 Å². The van der Waals surface area contributed by atoms with Gasteiger partial charge in [-0.05, 0) is 47.9 Å². The van der Waals surface area contributed by atoms with Gasteiger partial charge in [-0.2, -0.15) is 0 Å². The van der Waals surface area contributed by atoms with Gasteiger partial charge in [-0.3, -0.25) is 4.18 Å². The van der Waals surface area contributed by atoms with E-state index in [0.717, 1.165) is 24.3 Å². The molecule has 0 aliphatic carbocycles. The van der Waals surface area contributed by atoms with Crippen molar-refractivity contribution in [1.82, 2.24) is 0 Å². The van der Waals surface area contributed by atoms with Gasteiger partial charge in [0.25, 0.3) is 0 Å². The van der Waals surface area contributed by atoms with Gasteiger partial charge < -0.3 is 9.45 Å². The molecule has 2 rings (SSSR count). The third-order valence-corrected chi connectivity index (χ3v) is 3.50. The average molecular weight is 366 g/mol. The van der Waals surface area contributed by atoms with E-state index in [-0.39, 0.29) is 0 Å². The van der Waals surface area contributed by atoms with E-state index < -0.39 is 10.4 Å². The fourth-order valence-electron chi connectivity index (χ4n) is 1.77. The third-order valence-electron chi connectivity index (χ3n) is 3.09. The highest BCUT2D eigenvalue weighted by Gasteiger charge is 2.05. The van der Waals surface area contributed by atoms with Crippen molar-refractivity contribution in [3.8, 4) is 0 Å². The number of azo groups is 1. The smallest absolute Gasteiger partial charge is 0.350 e. The SMILES string of the molecule is COS(=O)(=O)[O-].Cc1ccc(N=Nc2ccc(N(C)C)cc2)[n+](C)c1. The molecule has 0 spiro atoms. The normalized spacial score (nSPS) is 11.1. The molecule has 2 aromatic rings. The van der Waals surface area contributed by atoms with Gasteiger partial charge in [0.05, 0.1) is 25.5 Å². The van der Waals surface area contributed by atoms with Crippen LogP contribution in [0.15, 0.2) is 52.8 Å². The van der Waals surface area contributed by atoms with Gasteiger partial charge in [0.15, 0.2) is 0 Å². The van der Waals surface area contributed by atoms with Gasteiger partial charge in [0.2, 0.25) is 10.4 Å². The van der Waals surface area contributed by atoms with Crippen molar-refractivity contribution < 1.29 is 21.7 Å². The standard InChI is InChI=1S/C15H19N4.CH4O4S/c1-12-5-10-15(19(4)11-12)17-16-13-6-8-14(9-7-13)18(2)3;1-5-6(2,3)4/h5-11H,1-4H3;1H3,(H,2,3,4)/q+1;/p-1. The molecule has 0 unspecified atom stereocenters. The summed E-state index contributed by atoms with van der Waals surface area (Å²) in [6, 6.07) is 12.0. The van der Waals surface area contributed by atoms with E-state index in [0.29, 0.717) is 0 Å². The molecule has 136 valence electrons. The summed E-state index contributed by atoms with van der Waals surface area (Å²) < 4.78 is 33.0. The summed E-state index contributed by atoms with van der Waals surface area (Å²) in [4.78, 5) is 2.06. The van der Waals surface area contributed by atoms with E-state index in [1.807, 2.05) is 68.3 Å². The van der Waals surface area contributed by atoms with Crippen LogP contribution in [0, 0.1) is 6.92 Å². The van der Waals surface area contributed by atoms with Gasteiger partial charge in [-0.15, -0.1) is 0 Å². The molecule has 0 radical (unpaired) electrons. The Morgan fingerprint density at radius 3 is 2.08 bits per heavy atom. The molecule has 0 amide bonds. The van der Waals surface area contributed by atoms with Crippen molar-refractivity contribution in [3.63, 3.8) is 0 Å². The van der Waals surface area contributed by atoms with Crippen LogP contribution in [0.25, 0.3) is 0 Å². The van der Waals surface area contributed by atoms with Crippen LogP contribution >= 0.6 is 0 Å². The van der Waals surface area contributed by atoms with E-state index in [1.54, 1.807) is 0 Å². The number of benzene rings is 1. The maximum atomic E-state index is 9.22. The second-order valence-corrected chi connectivity index (χ2v) is 6.51. The number of anilines is 1. The Morgan fingerprint density at radius 1 is 1.08 bits per heavy atom. The molecular weight excluding hydrogens is 344 g/mol. The Morgan fingerprint density at radius 2 is 1.64 bits per heavy atom. The predicted octanol–water partition coefficient (Wildman–Crippen LogP) is 2.39. The number of nitrogens with zero attached hydrogens (tertiary/aromatic N) is 4. The summed E-state index contributed by atoms with van der Waals surface area (Å²) in [6.07, 6.45) is 2.03. The number of aryl methyl sites for hydroxylation is 2. The minimum absolute atomic E-state index is 0.808. The number of hydrogen-bond donors (Lipinski definition) is 0. The zero-order chi connectivity index (χ0) is 19.0. The first-order valence-electron chi connectivity index (χ1n) is 7.29. The van der Waals surface area contributed by atoms with E-state index in [9.17, 15) is 13.0 Å². The molecule has 8 nitrogen and oxygen atoms in total. The molecule has 0 N–H and O–H groups in total. The maximum absolute atomic E-state index is 9.22. The molecule has 1 aromatic carbocycles. The largest absolute Gasteiger partial charge is 0.726 e. The predicted molar refractivity (Wildman–Crippen MR) is 94.0 cm³/mol. The fraction of sp³-hybridized carbons (Fsp3) is 0.312. The van der Waals surface area contributed by atoms with E-state index in [1.165, 1.54) is 5.56 Å². The lowest BCUT2D eigenvalue weighted by molar-refractivity contribution is -0.658. The Bertz CT molecular complexity index is 819. The van der Waals surface area contributed by atoms with Crippen LogP contribution in [-0.4, -0.2) is 34.2 Å². The monoisotopic (exact) mass is 366 g/mol. The second-order valence-electron chi connectivity index (χ2n) is 5.36. The van der Waals surface area contributed by atoms with Gasteiger partial charge >= 0.3 is 5.82 Å². The lowest BCUT2D eigenvalue weighted by Gasteiger charge is -2.11. The molecule has 1 heterocycles. The highest BCUT2D eigenvalue weighted by atomic mass is 32.3. The van der Waals surface area contributed by atoms with E-state index in [4.69, 9.17) is 0 Å². The molecule has 25 heavy (non-hydrogen) atoms. The molecular formula is C16H22N4O4S. The summed E-state index contributed by atoms with van der Waals surface area (Å²) in [6.45, 7) is 2.06. The van der Waals surface area contributed by atoms with Crippen molar-refractivity contribution in [3.05, 3.63) is 48.2 Å². The van der Waals surface area contributed by atoms with Crippen molar-refractivity contribution >= 4 is 27.6 Å². The topological polar surface area (TPSA) is 98.3 Å². The number of rotatable bonds is 4. The van der Waals surface area contributed by atoms with Crippen molar-refractivity contribution in [2.75, 3.05) is 26.1 Å². The average Bonchev–Trinajstić information content (AvgIpc) is 2.54. The second kappa shape index (κ2) is 9.21. The number of pyridine rings is 1. The Labute approximate surface area is 148 Å². The zero-order valence-electron chi connectivity index (χ0n) is 14.9. The van der Waals surface area contributed by atoms with Crippen molar-refractivity contribution in [2.45, 2.75) is 6.92 Å². The molecule has 9 heteroatoms. The van der Waals surface area contributed by atoms with E-state index >= 15 is 0 Å². The van der Waals surface area contributed by atoms with Gasteiger partial charge in [0.1, 0.15) is 5.69 Å². The van der Waals surface area contributed by atoms with E-state index in [2.05, 4.69) is 26.2 Å². The fourth-order valence-corrected chi connectivity index (χ4v) is 1.77. The quantitative estimate of drug-likeness (QED) is 0.358. The summed E-state index contributed by atoms with van der Waals surface area (Å²) in [5, 5.41) is 8.52. The lowest BCUT2D eigenvalue weighted by atomic mass is 10.3. The molecule has 1 aromatic heterocycles. The molecule has 0 saturated heterocycles. The van der Waals surface area contributed by atoms with Crippen LogP contribution in [0.1, 0.15) is 5.56 Å². The van der Waals surface area contributed by atoms with Gasteiger partial charge in [0, 0.05) is 25.8 Å². The van der Waals surface area contributed by atoms with Gasteiger partial charge in [-0.1, -0.05) is 0 Å². The van der Waals surface area contributed by atoms with Crippen molar-refractivity contribution in [2.24, 2.45) is 17.3 Å². The van der Waals surface area contributed by atoms with Crippen LogP contribution in [0.2, 0.25) is 0 Å². The molecule has 0 saturated carbocycles. The summed E-state index contributed by atoms with van der Waals surface area (Å²) >= 11 is 0. The zero-order valence-corrected chi connectivity index (χ0v) is 15.7. The highest BCUT2D eigenvalue weighted by Crippen LogP contribution is 2.19. The molecule has 0 atom stereocenters. The minimum atomic E-state index is -4.41. The summed E-state index contributed by atoms with van der Waals surface area (Å²) in [7, 11) is 2.40. The molecule has 0 aliphatic heterocycles. The highest BCUT2D eigenvalue weighted by molar-refractivity contribution is 7.80. The Kier molecular flexibility index (Phi) is 7.62. The van der Waals surface area contributed by atoms with Crippen molar-refractivity contribution in [1.29, 1.82) is 0 Å². The first kappa shape index (κ1) is 20.7. The van der Waals surface area contributed by atoms with Crippen LogP contribution in [-0.2, 0) is 21.6 Å². The molecule has 0 aliphatic rings. The third kappa shape index (κ3) is 7.84.